The number of nitrogens with zero attached hydrogens (tertiary/aromatic N) is 1. The first-order chi connectivity index (χ1) is 10.6. The summed E-state index contributed by atoms with van der Waals surface area (Å²) in [5, 5.41) is 0. The van der Waals surface area contributed by atoms with Crippen molar-refractivity contribution in [2.75, 3.05) is 26.2 Å². The summed E-state index contributed by atoms with van der Waals surface area (Å²) in [5.41, 5.74) is 3.08. The smallest absolute Gasteiger partial charge is 0.167 e. The molecule has 0 aromatic heterocycles. The molecule has 0 amide bonds. The van der Waals surface area contributed by atoms with Crippen molar-refractivity contribution in [2.24, 2.45) is 0 Å². The fourth-order valence-corrected chi connectivity index (χ4v) is 3.04. The molecule has 3 heteroatoms. The molecule has 1 aromatic rings. The number of hydrogen-bond donors (Lipinski definition) is 0. The summed E-state index contributed by atoms with van der Waals surface area (Å²) in [6.07, 6.45) is 5.78. The Labute approximate surface area is 134 Å². The third-order valence-corrected chi connectivity index (χ3v) is 4.55. The van der Waals surface area contributed by atoms with Crippen molar-refractivity contribution in [1.82, 2.24) is 4.90 Å². The van der Waals surface area contributed by atoms with Crippen LogP contribution in [-0.2, 0) is 0 Å². The monoisotopic (exact) mass is 303 g/mol. The second kappa shape index (κ2) is 8.33. The molecule has 122 valence electrons. The zero-order valence-corrected chi connectivity index (χ0v) is 14.3. The van der Waals surface area contributed by atoms with Crippen LogP contribution in [0, 0.1) is 13.8 Å². The van der Waals surface area contributed by atoms with Crippen molar-refractivity contribution >= 4 is 5.78 Å². The van der Waals surface area contributed by atoms with E-state index < -0.39 is 0 Å². The molecule has 22 heavy (non-hydrogen) atoms. The molecule has 0 spiro atoms. The molecule has 0 bridgehead atoms. The molecule has 1 heterocycles. The van der Waals surface area contributed by atoms with Crippen LogP contribution in [0.3, 0.4) is 0 Å². The molecule has 0 N–H and O–H groups in total. The number of Topliss-reactive ketones (excluding diaryl/α,β-unsaturated/α-hetero) is 1. The number of benzene rings is 1. The first-order valence-corrected chi connectivity index (χ1v) is 8.61. The molecule has 1 aliphatic rings. The molecule has 1 saturated heterocycles. The summed E-state index contributed by atoms with van der Waals surface area (Å²) in [7, 11) is 0. The molecule has 0 saturated carbocycles. The van der Waals surface area contributed by atoms with Crippen molar-refractivity contribution in [1.29, 1.82) is 0 Å². The van der Waals surface area contributed by atoms with E-state index in [2.05, 4.69) is 18.7 Å². The van der Waals surface area contributed by atoms with Crippen LogP contribution in [0.15, 0.2) is 12.1 Å². The van der Waals surface area contributed by atoms with E-state index in [1.165, 1.54) is 31.2 Å². The predicted octanol–water partition coefficient (Wildman–Crippen LogP) is 4.15. The lowest BCUT2D eigenvalue weighted by molar-refractivity contribution is 0.0961. The highest BCUT2D eigenvalue weighted by Gasteiger charge is 2.16. The maximum Gasteiger partial charge on any atom is 0.167 e. The van der Waals surface area contributed by atoms with Gasteiger partial charge in [0, 0.05) is 13.0 Å². The van der Waals surface area contributed by atoms with Gasteiger partial charge in [0.05, 0.1) is 12.2 Å². The van der Waals surface area contributed by atoms with Gasteiger partial charge in [-0.3, -0.25) is 4.79 Å². The second-order valence-corrected chi connectivity index (χ2v) is 6.29. The van der Waals surface area contributed by atoms with Gasteiger partial charge in [0.2, 0.25) is 0 Å². The van der Waals surface area contributed by atoms with Crippen molar-refractivity contribution in [2.45, 2.75) is 52.9 Å². The zero-order valence-electron chi connectivity index (χ0n) is 14.3. The maximum atomic E-state index is 12.6. The summed E-state index contributed by atoms with van der Waals surface area (Å²) < 4.78 is 5.67. The molecule has 0 atom stereocenters. The van der Waals surface area contributed by atoms with E-state index >= 15 is 0 Å². The number of likely N-dealkylation sites (tertiary alicyclic amines) is 1. The van der Waals surface area contributed by atoms with Gasteiger partial charge in [0.15, 0.2) is 5.78 Å². The number of carbonyl (C=O) groups excluding carboxylic acids is 1. The highest BCUT2D eigenvalue weighted by Crippen LogP contribution is 2.25. The average molecular weight is 303 g/mol. The Hall–Kier alpha value is -1.35. The standard InChI is InChI=1S/C19H29NO2/c1-4-22-19-14-16(3)15(2)13-17(19)18(21)9-12-20-10-7-5-6-8-11-20/h13-14H,4-12H2,1-3H3. The van der Waals surface area contributed by atoms with E-state index in [9.17, 15) is 4.79 Å². The third-order valence-electron chi connectivity index (χ3n) is 4.55. The van der Waals surface area contributed by atoms with Crippen molar-refractivity contribution in [3.05, 3.63) is 28.8 Å². The summed E-state index contributed by atoms with van der Waals surface area (Å²) in [6, 6.07) is 3.99. The highest BCUT2D eigenvalue weighted by atomic mass is 16.5. The number of ketones is 1. The zero-order chi connectivity index (χ0) is 15.9. The SMILES string of the molecule is CCOc1cc(C)c(C)cc1C(=O)CCN1CCCCCC1. The van der Waals surface area contributed by atoms with Crippen molar-refractivity contribution in [3.63, 3.8) is 0 Å². The van der Waals surface area contributed by atoms with Gasteiger partial charge in [-0.2, -0.15) is 0 Å². The second-order valence-electron chi connectivity index (χ2n) is 6.29. The van der Waals surface area contributed by atoms with Crippen LogP contribution in [0.4, 0.5) is 0 Å². The largest absolute Gasteiger partial charge is 0.493 e. The quantitative estimate of drug-likeness (QED) is 0.739. The first-order valence-electron chi connectivity index (χ1n) is 8.61. The third kappa shape index (κ3) is 4.57. The lowest BCUT2D eigenvalue weighted by Crippen LogP contribution is -2.27. The molecule has 1 aromatic carbocycles. The number of rotatable bonds is 6. The Morgan fingerprint density at radius 2 is 1.73 bits per heavy atom. The molecule has 0 aliphatic carbocycles. The average Bonchev–Trinajstić information content (AvgIpc) is 2.77. The van der Waals surface area contributed by atoms with Crippen LogP contribution in [0.2, 0.25) is 0 Å². The Kier molecular flexibility index (Phi) is 6.44. The van der Waals surface area contributed by atoms with Crippen LogP contribution < -0.4 is 4.74 Å². The molecule has 0 radical (unpaired) electrons. The molecule has 1 fully saturated rings. The predicted molar refractivity (Wildman–Crippen MR) is 90.9 cm³/mol. The van der Waals surface area contributed by atoms with E-state index in [0.717, 1.165) is 36.5 Å². The van der Waals surface area contributed by atoms with Gasteiger partial charge in [-0.05, 0) is 70.0 Å². The highest BCUT2D eigenvalue weighted by molar-refractivity contribution is 5.99. The topological polar surface area (TPSA) is 29.5 Å². The van der Waals surface area contributed by atoms with E-state index in [1.807, 2.05) is 19.1 Å². The van der Waals surface area contributed by atoms with Crippen LogP contribution in [0.1, 0.15) is 60.5 Å². The first kappa shape index (κ1) is 17.0. The van der Waals surface area contributed by atoms with Crippen LogP contribution in [0.25, 0.3) is 0 Å². The summed E-state index contributed by atoms with van der Waals surface area (Å²) in [4.78, 5) is 15.1. The molecule has 1 aliphatic heterocycles. The number of ether oxygens (including phenoxy) is 1. The molecular formula is C19H29NO2. The molecule has 3 nitrogen and oxygen atoms in total. The van der Waals surface area contributed by atoms with Crippen molar-refractivity contribution in [3.8, 4) is 5.75 Å². The van der Waals surface area contributed by atoms with Crippen molar-refractivity contribution < 1.29 is 9.53 Å². The van der Waals surface area contributed by atoms with Crippen LogP contribution in [-0.4, -0.2) is 36.9 Å². The number of hydrogen-bond acceptors (Lipinski definition) is 3. The minimum Gasteiger partial charge on any atom is -0.493 e. The Morgan fingerprint density at radius 1 is 1.09 bits per heavy atom. The minimum absolute atomic E-state index is 0.204. The number of aryl methyl sites for hydroxylation is 2. The van der Waals surface area contributed by atoms with E-state index in [1.54, 1.807) is 0 Å². The fourth-order valence-electron chi connectivity index (χ4n) is 3.04. The summed E-state index contributed by atoms with van der Waals surface area (Å²) >= 11 is 0. The van der Waals surface area contributed by atoms with E-state index in [-0.39, 0.29) is 5.78 Å². The fraction of sp³-hybridized carbons (Fsp3) is 0.632. The molecule has 0 unspecified atom stereocenters. The number of carbonyl (C=O) groups is 1. The molecule has 2 rings (SSSR count). The van der Waals surface area contributed by atoms with Crippen LogP contribution in [0.5, 0.6) is 5.75 Å². The van der Waals surface area contributed by atoms with Gasteiger partial charge in [0.25, 0.3) is 0 Å². The van der Waals surface area contributed by atoms with Crippen LogP contribution >= 0.6 is 0 Å². The Bertz CT molecular complexity index is 502. The van der Waals surface area contributed by atoms with Gasteiger partial charge >= 0.3 is 0 Å². The normalized spacial score (nSPS) is 16.3. The van der Waals surface area contributed by atoms with E-state index in [4.69, 9.17) is 4.74 Å². The van der Waals surface area contributed by atoms with E-state index in [0.29, 0.717) is 13.0 Å². The van der Waals surface area contributed by atoms with Gasteiger partial charge in [-0.25, -0.2) is 0 Å². The molecular weight excluding hydrogens is 274 g/mol. The Morgan fingerprint density at radius 3 is 2.36 bits per heavy atom. The minimum atomic E-state index is 0.204. The van der Waals surface area contributed by atoms with Gasteiger partial charge in [-0.1, -0.05) is 12.8 Å². The Balaban J connectivity index is 2.03. The van der Waals surface area contributed by atoms with Gasteiger partial charge < -0.3 is 9.64 Å². The lowest BCUT2D eigenvalue weighted by atomic mass is 10.0. The summed E-state index contributed by atoms with van der Waals surface area (Å²) in [6.45, 7) is 9.81. The summed E-state index contributed by atoms with van der Waals surface area (Å²) in [5.74, 6) is 0.947. The van der Waals surface area contributed by atoms with Gasteiger partial charge in [-0.15, -0.1) is 0 Å². The lowest BCUT2D eigenvalue weighted by Gasteiger charge is -2.19. The maximum absolute atomic E-state index is 12.6. The van der Waals surface area contributed by atoms with Gasteiger partial charge in [0.1, 0.15) is 5.75 Å².